The van der Waals surface area contributed by atoms with E-state index in [2.05, 4.69) is 22.2 Å². The molecule has 0 spiro atoms. The Morgan fingerprint density at radius 1 is 1.27 bits per heavy atom. The lowest BCUT2D eigenvalue weighted by Crippen LogP contribution is -2.44. The summed E-state index contributed by atoms with van der Waals surface area (Å²) < 4.78 is 0. The highest BCUT2D eigenvalue weighted by Gasteiger charge is 2.34. The van der Waals surface area contributed by atoms with Crippen molar-refractivity contribution in [2.24, 2.45) is 0 Å². The molecule has 2 aliphatic rings. The molecule has 4 rings (SSSR count). The number of pyridine rings is 1. The summed E-state index contributed by atoms with van der Waals surface area (Å²) in [7, 11) is 3.89. The highest BCUT2D eigenvalue weighted by Crippen LogP contribution is 2.38. The van der Waals surface area contributed by atoms with Crippen LogP contribution in [0.25, 0.3) is 0 Å². The topological polar surface area (TPSA) is 109 Å². The number of carbonyl (C=O) groups is 2. The summed E-state index contributed by atoms with van der Waals surface area (Å²) in [6.45, 7) is 1.92. The van der Waals surface area contributed by atoms with Gasteiger partial charge in [-0.15, -0.1) is 0 Å². The van der Waals surface area contributed by atoms with Gasteiger partial charge in [0.25, 0.3) is 11.6 Å². The van der Waals surface area contributed by atoms with Crippen LogP contribution in [-0.4, -0.2) is 64.7 Å². The van der Waals surface area contributed by atoms with E-state index >= 15 is 0 Å². The molecule has 1 saturated heterocycles. The first kappa shape index (κ1) is 20.0. The van der Waals surface area contributed by atoms with Gasteiger partial charge in [-0.2, -0.15) is 0 Å². The van der Waals surface area contributed by atoms with E-state index in [9.17, 15) is 19.7 Å². The lowest BCUT2D eigenvalue weighted by molar-refractivity contribution is -0.384. The number of hydrogen-bond acceptors (Lipinski definition) is 6. The van der Waals surface area contributed by atoms with Crippen molar-refractivity contribution in [3.8, 4) is 0 Å². The van der Waals surface area contributed by atoms with Crippen LogP contribution in [0.3, 0.4) is 0 Å². The number of nitro groups is 1. The highest BCUT2D eigenvalue weighted by atomic mass is 16.6. The maximum absolute atomic E-state index is 12.9. The van der Waals surface area contributed by atoms with Gasteiger partial charge in [0, 0.05) is 42.7 Å². The van der Waals surface area contributed by atoms with Crippen LogP contribution in [0.4, 0.5) is 11.4 Å². The third-order valence-corrected chi connectivity index (χ3v) is 5.96. The van der Waals surface area contributed by atoms with Crippen LogP contribution >= 0.6 is 0 Å². The smallest absolute Gasteiger partial charge is 0.269 e. The molecule has 1 fully saturated rings. The van der Waals surface area contributed by atoms with Crippen LogP contribution in [-0.2, 0) is 4.79 Å². The standard InChI is InChI=1S/C21H23N5O4/c1-24-9-7-14(8-10-24)25(2)21(28)13-3-5-18(22-12-13)19-16-11-15(26(29)30)4-6-17(16)23-20(19)27/h3-6,11-12,14,19H,7-10H2,1-2H3,(H,23,27). The summed E-state index contributed by atoms with van der Waals surface area (Å²) in [4.78, 5) is 44.3. The van der Waals surface area contributed by atoms with E-state index in [4.69, 9.17) is 0 Å². The summed E-state index contributed by atoms with van der Waals surface area (Å²) in [6, 6.07) is 7.79. The van der Waals surface area contributed by atoms with E-state index in [1.165, 1.54) is 24.4 Å². The predicted molar refractivity (Wildman–Crippen MR) is 110 cm³/mol. The highest BCUT2D eigenvalue weighted by molar-refractivity contribution is 6.05. The first-order valence-electron chi connectivity index (χ1n) is 9.86. The lowest BCUT2D eigenvalue weighted by Gasteiger charge is -2.35. The fourth-order valence-electron chi connectivity index (χ4n) is 4.11. The zero-order chi connectivity index (χ0) is 21.4. The van der Waals surface area contributed by atoms with Gasteiger partial charge in [-0.25, -0.2) is 0 Å². The number of piperidine rings is 1. The van der Waals surface area contributed by atoms with E-state index in [-0.39, 0.29) is 23.5 Å². The lowest BCUT2D eigenvalue weighted by atomic mass is 9.95. The molecule has 1 aromatic heterocycles. The van der Waals surface area contributed by atoms with Crippen LogP contribution in [0.15, 0.2) is 36.5 Å². The molecule has 1 N–H and O–H groups in total. The van der Waals surface area contributed by atoms with Gasteiger partial charge in [0.05, 0.1) is 16.2 Å². The van der Waals surface area contributed by atoms with E-state index in [0.29, 0.717) is 22.5 Å². The predicted octanol–water partition coefficient (Wildman–Crippen LogP) is 2.24. The second kappa shape index (κ2) is 7.83. The fourth-order valence-corrected chi connectivity index (χ4v) is 4.11. The average molecular weight is 409 g/mol. The third-order valence-electron chi connectivity index (χ3n) is 5.96. The van der Waals surface area contributed by atoms with E-state index in [0.717, 1.165) is 25.9 Å². The van der Waals surface area contributed by atoms with Gasteiger partial charge in [0.2, 0.25) is 5.91 Å². The number of rotatable bonds is 4. The van der Waals surface area contributed by atoms with Crippen molar-refractivity contribution in [1.82, 2.24) is 14.8 Å². The number of nitrogens with zero attached hydrogens (tertiary/aromatic N) is 4. The Hall–Kier alpha value is -3.33. The molecule has 1 atom stereocenters. The number of anilines is 1. The maximum atomic E-state index is 12.9. The van der Waals surface area contributed by atoms with Crippen molar-refractivity contribution in [3.63, 3.8) is 0 Å². The van der Waals surface area contributed by atoms with Crippen LogP contribution in [0.1, 0.15) is 40.4 Å². The number of carbonyl (C=O) groups excluding carboxylic acids is 2. The van der Waals surface area contributed by atoms with Gasteiger partial charge in [-0.05, 0) is 51.2 Å². The molecule has 0 aliphatic carbocycles. The molecule has 0 saturated carbocycles. The van der Waals surface area contributed by atoms with Crippen molar-refractivity contribution in [1.29, 1.82) is 0 Å². The summed E-state index contributed by atoms with van der Waals surface area (Å²) in [5, 5.41) is 13.8. The summed E-state index contributed by atoms with van der Waals surface area (Å²) in [5.74, 6) is -1.13. The van der Waals surface area contributed by atoms with Gasteiger partial charge in [0.15, 0.2) is 0 Å². The average Bonchev–Trinajstić information content (AvgIpc) is 3.08. The number of fused-ring (bicyclic) bond motifs is 1. The second-order valence-corrected chi connectivity index (χ2v) is 7.87. The summed E-state index contributed by atoms with van der Waals surface area (Å²) in [6.07, 6.45) is 3.34. The van der Waals surface area contributed by atoms with Crippen LogP contribution in [0.5, 0.6) is 0 Å². The molecule has 9 nitrogen and oxygen atoms in total. The molecule has 0 bridgehead atoms. The number of hydrogen-bond donors (Lipinski definition) is 1. The number of nitrogens with one attached hydrogen (secondary N) is 1. The second-order valence-electron chi connectivity index (χ2n) is 7.87. The minimum Gasteiger partial charge on any atom is -0.339 e. The van der Waals surface area contributed by atoms with Gasteiger partial charge < -0.3 is 15.1 Å². The quantitative estimate of drug-likeness (QED) is 0.613. The van der Waals surface area contributed by atoms with Gasteiger partial charge in [0.1, 0.15) is 5.92 Å². The molecule has 1 unspecified atom stereocenters. The summed E-state index contributed by atoms with van der Waals surface area (Å²) >= 11 is 0. The first-order chi connectivity index (χ1) is 14.3. The van der Waals surface area contributed by atoms with Crippen molar-refractivity contribution in [3.05, 3.63) is 63.5 Å². The Morgan fingerprint density at radius 3 is 2.63 bits per heavy atom. The Labute approximate surface area is 173 Å². The molecule has 2 aromatic rings. The molecule has 0 radical (unpaired) electrons. The number of likely N-dealkylation sites (tertiary alicyclic amines) is 1. The van der Waals surface area contributed by atoms with Gasteiger partial charge in [-0.3, -0.25) is 24.7 Å². The molecule has 1 aromatic carbocycles. The third kappa shape index (κ3) is 3.63. The molecule has 2 aliphatic heterocycles. The number of nitro benzene ring substituents is 1. The SMILES string of the molecule is CN1CCC(N(C)C(=O)c2ccc(C3C(=O)Nc4ccc([N+](=O)[O-])cc43)nc2)CC1. The van der Waals surface area contributed by atoms with Crippen LogP contribution in [0, 0.1) is 10.1 Å². The molecule has 156 valence electrons. The van der Waals surface area contributed by atoms with Gasteiger partial charge in [-0.1, -0.05) is 0 Å². The van der Waals surface area contributed by atoms with Crippen molar-refractivity contribution in [2.75, 3.05) is 32.5 Å². The van der Waals surface area contributed by atoms with Crippen molar-refractivity contribution >= 4 is 23.2 Å². The number of aromatic nitrogens is 1. The number of amides is 2. The van der Waals surface area contributed by atoms with E-state index in [1.807, 2.05) is 7.05 Å². The van der Waals surface area contributed by atoms with Gasteiger partial charge >= 0.3 is 0 Å². The number of non-ortho nitro benzene ring substituents is 1. The van der Waals surface area contributed by atoms with Crippen molar-refractivity contribution < 1.29 is 14.5 Å². The molecule has 2 amide bonds. The minimum absolute atomic E-state index is 0.0817. The van der Waals surface area contributed by atoms with Crippen LogP contribution < -0.4 is 5.32 Å². The first-order valence-corrected chi connectivity index (χ1v) is 9.86. The van der Waals surface area contributed by atoms with Crippen molar-refractivity contribution in [2.45, 2.75) is 24.8 Å². The Bertz CT molecular complexity index is 999. The molecule has 3 heterocycles. The molecular formula is C21H23N5O4. The van der Waals surface area contributed by atoms with E-state index < -0.39 is 10.8 Å². The number of benzene rings is 1. The molecule has 30 heavy (non-hydrogen) atoms. The Balaban J connectivity index is 1.54. The van der Waals surface area contributed by atoms with E-state index in [1.54, 1.807) is 17.0 Å². The minimum atomic E-state index is -0.740. The Morgan fingerprint density at radius 2 is 2.00 bits per heavy atom. The largest absolute Gasteiger partial charge is 0.339 e. The maximum Gasteiger partial charge on any atom is 0.269 e. The fraction of sp³-hybridized carbons (Fsp3) is 0.381. The monoisotopic (exact) mass is 409 g/mol. The zero-order valence-corrected chi connectivity index (χ0v) is 16.9. The van der Waals surface area contributed by atoms with Crippen LogP contribution in [0.2, 0.25) is 0 Å². The normalized spacial score (nSPS) is 19.3. The molecular weight excluding hydrogens is 386 g/mol. The molecule has 9 heteroatoms. The summed E-state index contributed by atoms with van der Waals surface area (Å²) in [5.41, 5.74) is 1.88. The zero-order valence-electron chi connectivity index (χ0n) is 16.9. The Kier molecular flexibility index (Phi) is 5.21.